The Labute approximate surface area is 125 Å². The van der Waals surface area contributed by atoms with Crippen molar-refractivity contribution in [3.63, 3.8) is 0 Å². The minimum atomic E-state index is -3.47. The molecule has 21 heavy (non-hydrogen) atoms. The lowest BCUT2D eigenvalue weighted by atomic mass is 9.91. The van der Waals surface area contributed by atoms with E-state index in [9.17, 15) is 13.5 Å². The molecule has 0 spiro atoms. The number of aliphatic hydroxyl groups is 1. The highest BCUT2D eigenvalue weighted by Crippen LogP contribution is 2.25. The third-order valence-electron chi connectivity index (χ3n) is 3.66. The maximum absolute atomic E-state index is 12.0. The van der Waals surface area contributed by atoms with Crippen LogP contribution in [0.5, 0.6) is 0 Å². The van der Waals surface area contributed by atoms with Gasteiger partial charge in [-0.05, 0) is 25.0 Å². The van der Waals surface area contributed by atoms with Crippen LogP contribution in [0.1, 0.15) is 12.8 Å². The van der Waals surface area contributed by atoms with Gasteiger partial charge >= 0.3 is 0 Å². The lowest BCUT2D eigenvalue weighted by Crippen LogP contribution is -2.47. The van der Waals surface area contributed by atoms with Gasteiger partial charge in [0.15, 0.2) is 0 Å². The Hall–Kier alpha value is -1.22. The first-order valence-corrected chi connectivity index (χ1v) is 8.19. The summed E-state index contributed by atoms with van der Waals surface area (Å²) in [5.74, 6) is 0.545. The monoisotopic (exact) mass is 315 g/mol. The van der Waals surface area contributed by atoms with Crippen molar-refractivity contribution < 1.29 is 18.3 Å². The molecule has 0 aromatic carbocycles. The first kappa shape index (κ1) is 16.2. The van der Waals surface area contributed by atoms with Crippen LogP contribution in [0.25, 0.3) is 0 Å². The van der Waals surface area contributed by atoms with Crippen molar-refractivity contribution in [3.05, 3.63) is 18.3 Å². The molecule has 2 N–H and O–H groups in total. The fourth-order valence-electron chi connectivity index (χ4n) is 2.17. The molecule has 0 bridgehead atoms. The Balaban J connectivity index is 2.16. The van der Waals surface area contributed by atoms with E-state index >= 15 is 0 Å². The lowest BCUT2D eigenvalue weighted by Gasteiger charge is -2.36. The normalized spacial score (nSPS) is 18.7. The zero-order chi connectivity index (χ0) is 15.5. The number of sulfonamides is 1. The number of rotatable bonds is 5. The Bertz CT molecular complexity index is 566. The van der Waals surface area contributed by atoms with Crippen molar-refractivity contribution in [1.82, 2.24) is 9.29 Å². The Morgan fingerprint density at radius 2 is 2.05 bits per heavy atom. The molecule has 1 aliphatic heterocycles. The van der Waals surface area contributed by atoms with Gasteiger partial charge in [0, 0.05) is 33.5 Å². The number of aromatic nitrogens is 1. The van der Waals surface area contributed by atoms with Crippen molar-refractivity contribution in [1.29, 1.82) is 0 Å². The van der Waals surface area contributed by atoms with Gasteiger partial charge in [-0.25, -0.2) is 17.7 Å². The van der Waals surface area contributed by atoms with Gasteiger partial charge in [-0.1, -0.05) is 0 Å². The molecule has 0 atom stereocenters. The van der Waals surface area contributed by atoms with Gasteiger partial charge in [-0.3, -0.25) is 0 Å². The van der Waals surface area contributed by atoms with E-state index in [-0.39, 0.29) is 11.5 Å². The van der Waals surface area contributed by atoms with E-state index in [2.05, 4.69) is 10.3 Å². The number of hydrogen-bond donors (Lipinski definition) is 2. The average Bonchev–Trinajstić information content (AvgIpc) is 2.48. The summed E-state index contributed by atoms with van der Waals surface area (Å²) < 4.78 is 30.4. The largest absolute Gasteiger partial charge is 0.394 e. The molecular formula is C13H21N3O4S. The minimum Gasteiger partial charge on any atom is -0.394 e. The van der Waals surface area contributed by atoms with Crippen molar-refractivity contribution in [2.75, 3.05) is 39.2 Å². The van der Waals surface area contributed by atoms with Crippen molar-refractivity contribution >= 4 is 15.8 Å². The molecule has 8 heteroatoms. The zero-order valence-corrected chi connectivity index (χ0v) is 13.1. The van der Waals surface area contributed by atoms with Gasteiger partial charge < -0.3 is 15.2 Å². The Morgan fingerprint density at radius 1 is 1.38 bits per heavy atom. The van der Waals surface area contributed by atoms with Crippen LogP contribution in [0.2, 0.25) is 0 Å². The fourth-order valence-corrected chi connectivity index (χ4v) is 3.02. The van der Waals surface area contributed by atoms with E-state index in [4.69, 9.17) is 4.74 Å². The topological polar surface area (TPSA) is 91.8 Å². The molecule has 1 fully saturated rings. The quantitative estimate of drug-likeness (QED) is 0.811. The van der Waals surface area contributed by atoms with Crippen LogP contribution in [-0.4, -0.2) is 62.3 Å². The number of anilines is 1. The summed E-state index contributed by atoms with van der Waals surface area (Å²) in [6.45, 7) is 1.15. The number of ether oxygens (including phenoxy) is 1. The zero-order valence-electron chi connectivity index (χ0n) is 12.2. The van der Waals surface area contributed by atoms with Gasteiger partial charge in [-0.2, -0.15) is 0 Å². The second-order valence-corrected chi connectivity index (χ2v) is 7.49. The third kappa shape index (κ3) is 3.52. The summed E-state index contributed by atoms with van der Waals surface area (Å²) in [5.41, 5.74) is -0.451. The third-order valence-corrected chi connectivity index (χ3v) is 5.46. The first-order chi connectivity index (χ1) is 9.89. The SMILES string of the molecule is CN(C)S(=O)(=O)c1ccc(NC2(CO)CCOCC2)nc1. The Kier molecular flexibility index (Phi) is 4.82. The van der Waals surface area contributed by atoms with E-state index in [1.807, 2.05) is 0 Å². The van der Waals surface area contributed by atoms with Crippen LogP contribution in [0.3, 0.4) is 0 Å². The van der Waals surface area contributed by atoms with Crippen molar-refractivity contribution in [3.8, 4) is 0 Å². The highest BCUT2D eigenvalue weighted by molar-refractivity contribution is 7.89. The van der Waals surface area contributed by atoms with Gasteiger partial charge in [0.2, 0.25) is 10.0 Å². The van der Waals surface area contributed by atoms with E-state index in [1.54, 1.807) is 6.07 Å². The predicted molar refractivity (Wildman–Crippen MR) is 78.6 cm³/mol. The van der Waals surface area contributed by atoms with Gasteiger partial charge in [0.05, 0.1) is 12.1 Å². The summed E-state index contributed by atoms with van der Waals surface area (Å²) in [7, 11) is -0.521. The number of nitrogens with zero attached hydrogens (tertiary/aromatic N) is 2. The van der Waals surface area contributed by atoms with E-state index < -0.39 is 15.6 Å². The molecule has 2 heterocycles. The standard InChI is InChI=1S/C13H21N3O4S/c1-16(2)21(18,19)11-3-4-12(14-9-11)15-13(10-17)5-7-20-8-6-13/h3-4,9,17H,5-8,10H2,1-2H3,(H,14,15). The van der Waals surface area contributed by atoms with Gasteiger partial charge in [0.25, 0.3) is 0 Å². The average molecular weight is 315 g/mol. The van der Waals surface area contributed by atoms with Crippen LogP contribution in [0.15, 0.2) is 23.2 Å². The predicted octanol–water partition coefficient (Wildman–Crippen LogP) is 0.285. The molecule has 1 aromatic rings. The Morgan fingerprint density at radius 3 is 2.52 bits per heavy atom. The van der Waals surface area contributed by atoms with Crippen molar-refractivity contribution in [2.45, 2.75) is 23.3 Å². The number of aliphatic hydroxyl groups excluding tert-OH is 1. The number of nitrogens with one attached hydrogen (secondary N) is 1. The second-order valence-electron chi connectivity index (χ2n) is 5.34. The number of pyridine rings is 1. The highest BCUT2D eigenvalue weighted by Gasteiger charge is 2.32. The summed E-state index contributed by atoms with van der Waals surface area (Å²) in [4.78, 5) is 4.29. The fraction of sp³-hybridized carbons (Fsp3) is 0.615. The van der Waals surface area contributed by atoms with Gasteiger partial charge in [-0.15, -0.1) is 0 Å². The molecule has 0 saturated carbocycles. The number of hydrogen-bond acceptors (Lipinski definition) is 6. The van der Waals surface area contributed by atoms with E-state index in [1.165, 1.54) is 26.4 Å². The molecular weight excluding hydrogens is 294 g/mol. The van der Waals surface area contributed by atoms with Crippen LogP contribution in [0, 0.1) is 0 Å². The van der Waals surface area contributed by atoms with Crippen molar-refractivity contribution in [2.24, 2.45) is 0 Å². The highest BCUT2D eigenvalue weighted by atomic mass is 32.2. The van der Waals surface area contributed by atoms with E-state index in [0.717, 1.165) is 4.31 Å². The molecule has 0 amide bonds. The molecule has 0 radical (unpaired) electrons. The molecule has 2 rings (SSSR count). The summed E-state index contributed by atoms with van der Waals surface area (Å²) in [6, 6.07) is 3.12. The lowest BCUT2D eigenvalue weighted by molar-refractivity contribution is 0.0378. The molecule has 0 aliphatic carbocycles. The molecule has 0 unspecified atom stereocenters. The van der Waals surface area contributed by atoms with Crippen LogP contribution >= 0.6 is 0 Å². The molecule has 1 aromatic heterocycles. The second kappa shape index (κ2) is 6.27. The maximum atomic E-state index is 12.0. The first-order valence-electron chi connectivity index (χ1n) is 6.75. The van der Waals surface area contributed by atoms with Crippen LogP contribution < -0.4 is 5.32 Å². The van der Waals surface area contributed by atoms with Crippen LogP contribution in [-0.2, 0) is 14.8 Å². The van der Waals surface area contributed by atoms with E-state index in [0.29, 0.717) is 31.9 Å². The maximum Gasteiger partial charge on any atom is 0.244 e. The smallest absolute Gasteiger partial charge is 0.244 e. The van der Waals surface area contributed by atoms with Gasteiger partial charge in [0.1, 0.15) is 10.7 Å². The molecule has 1 saturated heterocycles. The molecule has 118 valence electrons. The molecule has 7 nitrogen and oxygen atoms in total. The minimum absolute atomic E-state index is 0.0181. The molecule has 1 aliphatic rings. The van der Waals surface area contributed by atoms with Crippen LogP contribution in [0.4, 0.5) is 5.82 Å². The summed E-state index contributed by atoms with van der Waals surface area (Å²) in [6.07, 6.45) is 2.69. The summed E-state index contributed by atoms with van der Waals surface area (Å²) in [5, 5.41) is 12.8. The summed E-state index contributed by atoms with van der Waals surface area (Å²) >= 11 is 0.